The second-order valence-corrected chi connectivity index (χ2v) is 5.33. The van der Waals surface area contributed by atoms with Crippen LogP contribution < -0.4 is 5.63 Å². The highest BCUT2D eigenvalue weighted by atomic mass is 16.5. The maximum absolute atomic E-state index is 12.0. The minimum atomic E-state index is -0.636. The lowest BCUT2D eigenvalue weighted by atomic mass is 10.1. The lowest BCUT2D eigenvalue weighted by molar-refractivity contribution is 0.0896. The SMILES string of the molecule is CCOCCC(=O)c1ccc(N=Cc2c(O)cc(CC)oc2=O)cc1. The molecule has 0 radical (unpaired) electrons. The van der Waals surface area contributed by atoms with Gasteiger partial charge in [0.15, 0.2) is 5.78 Å². The molecule has 0 spiro atoms. The van der Waals surface area contributed by atoms with Crippen LogP contribution in [0.1, 0.15) is 41.9 Å². The summed E-state index contributed by atoms with van der Waals surface area (Å²) in [6, 6.07) is 8.09. The first-order valence-electron chi connectivity index (χ1n) is 8.16. The Labute approximate surface area is 145 Å². The third kappa shape index (κ3) is 5.12. The Balaban J connectivity index is 2.10. The van der Waals surface area contributed by atoms with E-state index in [1.54, 1.807) is 24.3 Å². The molecule has 6 heteroatoms. The summed E-state index contributed by atoms with van der Waals surface area (Å²) < 4.78 is 10.2. The average molecular weight is 343 g/mol. The van der Waals surface area contributed by atoms with Gasteiger partial charge in [-0.05, 0) is 31.2 Å². The molecule has 0 atom stereocenters. The molecule has 0 aliphatic heterocycles. The van der Waals surface area contributed by atoms with Crippen LogP contribution in [0, 0.1) is 0 Å². The van der Waals surface area contributed by atoms with Crippen molar-refractivity contribution in [3.05, 3.63) is 57.6 Å². The van der Waals surface area contributed by atoms with Gasteiger partial charge in [-0.1, -0.05) is 6.92 Å². The third-order valence-corrected chi connectivity index (χ3v) is 3.58. The summed E-state index contributed by atoms with van der Waals surface area (Å²) in [6.45, 7) is 4.69. The summed E-state index contributed by atoms with van der Waals surface area (Å²) in [5, 5.41) is 9.89. The van der Waals surface area contributed by atoms with Crippen LogP contribution in [-0.4, -0.2) is 30.3 Å². The number of carbonyl (C=O) groups excluding carboxylic acids is 1. The first-order valence-corrected chi connectivity index (χ1v) is 8.16. The zero-order chi connectivity index (χ0) is 18.2. The Kier molecular flexibility index (Phi) is 6.65. The smallest absolute Gasteiger partial charge is 0.348 e. The zero-order valence-electron chi connectivity index (χ0n) is 14.3. The molecule has 1 aromatic carbocycles. The molecule has 6 nitrogen and oxygen atoms in total. The second-order valence-electron chi connectivity index (χ2n) is 5.33. The highest BCUT2D eigenvalue weighted by Gasteiger charge is 2.09. The number of hydrogen-bond acceptors (Lipinski definition) is 6. The zero-order valence-corrected chi connectivity index (χ0v) is 14.3. The van der Waals surface area contributed by atoms with E-state index in [0.717, 1.165) is 0 Å². The molecule has 0 saturated carbocycles. The van der Waals surface area contributed by atoms with Gasteiger partial charge in [-0.3, -0.25) is 9.79 Å². The van der Waals surface area contributed by atoms with Gasteiger partial charge in [0.1, 0.15) is 17.1 Å². The molecule has 2 aromatic rings. The number of aryl methyl sites for hydroxylation is 1. The van der Waals surface area contributed by atoms with E-state index in [4.69, 9.17) is 9.15 Å². The number of rotatable bonds is 8. The predicted octanol–water partition coefficient (Wildman–Crippen LogP) is 3.27. The number of nitrogens with zero attached hydrogens (tertiary/aromatic N) is 1. The molecule has 0 bridgehead atoms. The Hall–Kier alpha value is -2.73. The van der Waals surface area contributed by atoms with Crippen molar-refractivity contribution in [1.82, 2.24) is 0 Å². The molecule has 0 unspecified atom stereocenters. The van der Waals surface area contributed by atoms with Crippen molar-refractivity contribution in [3.8, 4) is 5.75 Å². The third-order valence-electron chi connectivity index (χ3n) is 3.58. The van der Waals surface area contributed by atoms with Crippen molar-refractivity contribution >= 4 is 17.7 Å². The Morgan fingerprint density at radius 3 is 2.60 bits per heavy atom. The van der Waals surface area contributed by atoms with E-state index in [2.05, 4.69) is 4.99 Å². The average Bonchev–Trinajstić information content (AvgIpc) is 2.61. The molecule has 1 heterocycles. The number of carbonyl (C=O) groups is 1. The standard InChI is InChI=1S/C19H21NO5/c1-3-15-11-18(22)16(19(23)25-15)12-20-14-7-5-13(6-8-14)17(21)9-10-24-4-2/h5-8,11-12,22H,3-4,9-10H2,1-2H3. The van der Waals surface area contributed by atoms with Gasteiger partial charge in [0.25, 0.3) is 0 Å². The summed E-state index contributed by atoms with van der Waals surface area (Å²) in [5.41, 5.74) is 0.491. The molecule has 0 amide bonds. The van der Waals surface area contributed by atoms with E-state index in [0.29, 0.717) is 43.1 Å². The molecule has 1 N–H and O–H groups in total. The number of ketones is 1. The van der Waals surface area contributed by atoms with Crippen molar-refractivity contribution < 1.29 is 19.1 Å². The van der Waals surface area contributed by atoms with Gasteiger partial charge in [0.05, 0.1) is 12.3 Å². The summed E-state index contributed by atoms with van der Waals surface area (Å²) in [4.78, 5) is 27.9. The summed E-state index contributed by atoms with van der Waals surface area (Å²) >= 11 is 0. The highest BCUT2D eigenvalue weighted by Crippen LogP contribution is 2.17. The molecule has 0 aliphatic carbocycles. The predicted molar refractivity (Wildman–Crippen MR) is 95.2 cm³/mol. The van der Waals surface area contributed by atoms with Crippen molar-refractivity contribution in [1.29, 1.82) is 0 Å². The van der Waals surface area contributed by atoms with Crippen LogP contribution in [0.25, 0.3) is 0 Å². The van der Waals surface area contributed by atoms with Crippen LogP contribution in [0.4, 0.5) is 5.69 Å². The number of Topliss-reactive ketones (excluding diaryl/α,β-unsaturated/α-hetero) is 1. The summed E-state index contributed by atoms with van der Waals surface area (Å²) in [5.74, 6) is 0.242. The van der Waals surface area contributed by atoms with Gasteiger partial charge in [-0.2, -0.15) is 0 Å². The number of aromatic hydroxyl groups is 1. The van der Waals surface area contributed by atoms with E-state index in [1.165, 1.54) is 12.3 Å². The fourth-order valence-electron chi connectivity index (χ4n) is 2.16. The molecular weight excluding hydrogens is 322 g/mol. The van der Waals surface area contributed by atoms with E-state index in [1.807, 2.05) is 13.8 Å². The van der Waals surface area contributed by atoms with Crippen LogP contribution in [0.15, 0.2) is 44.5 Å². The first-order chi connectivity index (χ1) is 12.0. The van der Waals surface area contributed by atoms with Gasteiger partial charge in [-0.25, -0.2) is 4.79 Å². The minimum absolute atomic E-state index is 0.00239. The van der Waals surface area contributed by atoms with E-state index in [-0.39, 0.29) is 17.1 Å². The lowest BCUT2D eigenvalue weighted by Gasteiger charge is -2.02. The van der Waals surface area contributed by atoms with Crippen molar-refractivity contribution in [2.75, 3.05) is 13.2 Å². The fourth-order valence-corrected chi connectivity index (χ4v) is 2.16. The Morgan fingerprint density at radius 1 is 1.28 bits per heavy atom. The van der Waals surface area contributed by atoms with Crippen LogP contribution in [0.2, 0.25) is 0 Å². The van der Waals surface area contributed by atoms with Crippen LogP contribution >= 0.6 is 0 Å². The highest BCUT2D eigenvalue weighted by molar-refractivity contribution is 5.96. The molecule has 25 heavy (non-hydrogen) atoms. The van der Waals surface area contributed by atoms with Crippen molar-refractivity contribution in [3.63, 3.8) is 0 Å². The van der Waals surface area contributed by atoms with Crippen molar-refractivity contribution in [2.45, 2.75) is 26.7 Å². The first kappa shape index (κ1) is 18.6. The van der Waals surface area contributed by atoms with E-state index >= 15 is 0 Å². The molecule has 132 valence electrons. The normalized spacial score (nSPS) is 11.1. The topological polar surface area (TPSA) is 89.1 Å². The van der Waals surface area contributed by atoms with Gasteiger partial charge in [0.2, 0.25) is 0 Å². The Bertz CT molecular complexity index is 806. The maximum atomic E-state index is 12.0. The maximum Gasteiger partial charge on any atom is 0.348 e. The van der Waals surface area contributed by atoms with Gasteiger partial charge >= 0.3 is 5.63 Å². The van der Waals surface area contributed by atoms with E-state index < -0.39 is 5.63 Å². The van der Waals surface area contributed by atoms with E-state index in [9.17, 15) is 14.7 Å². The minimum Gasteiger partial charge on any atom is -0.507 e. The lowest BCUT2D eigenvalue weighted by Crippen LogP contribution is -2.08. The summed E-state index contributed by atoms with van der Waals surface area (Å²) in [7, 11) is 0. The molecular formula is C19H21NO5. The van der Waals surface area contributed by atoms with Crippen LogP contribution in [-0.2, 0) is 11.2 Å². The largest absolute Gasteiger partial charge is 0.507 e. The van der Waals surface area contributed by atoms with Gasteiger partial charge < -0.3 is 14.3 Å². The number of benzene rings is 1. The van der Waals surface area contributed by atoms with Gasteiger partial charge in [-0.15, -0.1) is 0 Å². The molecule has 1 aromatic heterocycles. The summed E-state index contributed by atoms with van der Waals surface area (Å²) in [6.07, 6.45) is 2.10. The molecule has 0 fully saturated rings. The fraction of sp³-hybridized carbons (Fsp3) is 0.316. The van der Waals surface area contributed by atoms with Gasteiger partial charge in [0, 0.05) is 37.3 Å². The van der Waals surface area contributed by atoms with Crippen LogP contribution in [0.5, 0.6) is 5.75 Å². The molecule has 0 saturated heterocycles. The second kappa shape index (κ2) is 8.94. The molecule has 0 aliphatic rings. The quantitative estimate of drug-likeness (QED) is 0.451. The monoisotopic (exact) mass is 343 g/mol. The number of aliphatic imine (C=N–C) groups is 1. The van der Waals surface area contributed by atoms with Crippen molar-refractivity contribution in [2.24, 2.45) is 4.99 Å². The van der Waals surface area contributed by atoms with Crippen LogP contribution in [0.3, 0.4) is 0 Å². The number of ether oxygens (including phenoxy) is 1. The Morgan fingerprint density at radius 2 is 2.00 bits per heavy atom. The number of hydrogen-bond donors (Lipinski definition) is 1. The molecule has 2 rings (SSSR count).